The van der Waals surface area contributed by atoms with Gasteiger partial charge in [-0.25, -0.2) is 4.79 Å². The molecule has 0 spiro atoms. The Bertz CT molecular complexity index is 940. The van der Waals surface area contributed by atoms with Gasteiger partial charge in [0, 0.05) is 16.8 Å². The number of ketones is 3. The summed E-state index contributed by atoms with van der Waals surface area (Å²) in [6, 6.07) is 6.82. The summed E-state index contributed by atoms with van der Waals surface area (Å²) in [5.74, 6) is -7.74. The number of carbonyl (C=O) groups excluding carboxylic acids is 4. The van der Waals surface area contributed by atoms with Crippen LogP contribution in [-0.2, 0) is 23.9 Å². The Kier molecular flexibility index (Phi) is 3.82. The fourth-order valence-electron chi connectivity index (χ4n) is 2.07. The minimum Gasteiger partial charge on any atom is -0.501 e. The van der Waals surface area contributed by atoms with Gasteiger partial charge >= 0.3 is 11.8 Å². The van der Waals surface area contributed by atoms with Crippen LogP contribution in [0.5, 0.6) is 0 Å². The molecule has 0 fully saturated rings. The molecule has 0 aliphatic carbocycles. The Labute approximate surface area is 139 Å². The normalized spacial score (nSPS) is 15.5. The van der Waals surface area contributed by atoms with E-state index in [2.05, 4.69) is 4.98 Å². The summed E-state index contributed by atoms with van der Waals surface area (Å²) in [4.78, 5) is 51.1. The third-order valence-electron chi connectivity index (χ3n) is 3.23. The zero-order valence-electron chi connectivity index (χ0n) is 12.2. The van der Waals surface area contributed by atoms with Crippen LogP contribution >= 0.6 is 11.3 Å². The molecule has 0 unspecified atom stereocenters. The maximum Gasteiger partial charge on any atom is 0.389 e. The number of rotatable bonds is 2. The van der Waals surface area contributed by atoms with Crippen molar-refractivity contribution in [3.63, 3.8) is 0 Å². The largest absolute Gasteiger partial charge is 0.501 e. The lowest BCUT2D eigenvalue weighted by molar-refractivity contribution is -0.153. The first-order valence-corrected chi connectivity index (χ1v) is 7.51. The number of aliphatic hydroxyl groups is 1. The molecule has 0 atom stereocenters. The van der Waals surface area contributed by atoms with Crippen molar-refractivity contribution in [2.45, 2.75) is 6.92 Å². The molecular formula is C16H9NO6S. The van der Waals surface area contributed by atoms with E-state index < -0.39 is 34.8 Å². The Hall–Kier alpha value is -3.13. The number of hydrogen-bond donors (Lipinski definition) is 1. The molecule has 24 heavy (non-hydrogen) atoms. The van der Waals surface area contributed by atoms with Gasteiger partial charge in [-0.3, -0.25) is 19.4 Å². The molecule has 120 valence electrons. The number of esters is 1. The summed E-state index contributed by atoms with van der Waals surface area (Å²) >= 11 is 1.12. The number of thiophene rings is 1. The van der Waals surface area contributed by atoms with Crippen molar-refractivity contribution in [2.24, 2.45) is 0 Å². The summed E-state index contributed by atoms with van der Waals surface area (Å²) in [6.07, 6.45) is 1.63. The molecule has 0 saturated heterocycles. The van der Waals surface area contributed by atoms with E-state index in [1.165, 1.54) is 6.07 Å². The summed E-state index contributed by atoms with van der Waals surface area (Å²) in [5, 5.41) is 9.88. The van der Waals surface area contributed by atoms with Gasteiger partial charge in [-0.2, -0.15) is 0 Å². The number of carbonyl (C=O) groups is 4. The van der Waals surface area contributed by atoms with Gasteiger partial charge in [0.1, 0.15) is 0 Å². The van der Waals surface area contributed by atoms with Gasteiger partial charge in [0.2, 0.25) is 5.76 Å². The number of allylic oxidation sites excluding steroid dienone is 1. The fraction of sp³-hybridized carbons (Fsp3) is 0.0625. The maximum atomic E-state index is 11.7. The lowest BCUT2D eigenvalue weighted by Crippen LogP contribution is -2.29. The number of aliphatic hydroxyl groups excluding tert-OH is 1. The van der Waals surface area contributed by atoms with Crippen LogP contribution in [0, 0.1) is 6.92 Å². The average Bonchev–Trinajstić information content (AvgIpc) is 3.04. The van der Waals surface area contributed by atoms with E-state index >= 15 is 0 Å². The monoisotopic (exact) mass is 343 g/mol. The third-order valence-corrected chi connectivity index (χ3v) is 4.37. The highest BCUT2D eigenvalue weighted by atomic mass is 32.1. The van der Waals surface area contributed by atoms with Crippen LogP contribution in [0.4, 0.5) is 0 Å². The highest BCUT2D eigenvalue weighted by molar-refractivity contribution is 7.16. The number of cyclic esters (lactones) is 1. The van der Waals surface area contributed by atoms with E-state index in [4.69, 9.17) is 4.74 Å². The Morgan fingerprint density at radius 2 is 1.71 bits per heavy atom. The van der Waals surface area contributed by atoms with Crippen molar-refractivity contribution in [3.05, 3.63) is 46.8 Å². The smallest absolute Gasteiger partial charge is 0.389 e. The fourth-order valence-corrected chi connectivity index (χ4v) is 3.06. The number of aromatic nitrogens is 1. The van der Waals surface area contributed by atoms with Crippen LogP contribution < -0.4 is 0 Å². The van der Waals surface area contributed by atoms with Crippen LogP contribution in [-0.4, -0.2) is 33.4 Å². The van der Waals surface area contributed by atoms with E-state index in [-0.39, 0.29) is 4.88 Å². The first-order valence-electron chi connectivity index (χ1n) is 6.70. The van der Waals surface area contributed by atoms with Crippen molar-refractivity contribution >= 4 is 40.4 Å². The predicted molar refractivity (Wildman–Crippen MR) is 82.9 cm³/mol. The Morgan fingerprint density at radius 3 is 2.42 bits per heavy atom. The van der Waals surface area contributed by atoms with Crippen molar-refractivity contribution in [2.75, 3.05) is 0 Å². The van der Waals surface area contributed by atoms with Crippen LogP contribution in [0.1, 0.15) is 10.6 Å². The van der Waals surface area contributed by atoms with Crippen molar-refractivity contribution < 1.29 is 29.0 Å². The van der Waals surface area contributed by atoms with Gasteiger partial charge in [-0.15, -0.1) is 11.3 Å². The number of pyridine rings is 1. The molecule has 0 radical (unpaired) electrons. The third kappa shape index (κ3) is 2.63. The average molecular weight is 343 g/mol. The van der Waals surface area contributed by atoms with Gasteiger partial charge in [0.05, 0.1) is 4.88 Å². The van der Waals surface area contributed by atoms with Crippen LogP contribution in [0.3, 0.4) is 0 Å². The molecule has 0 bridgehead atoms. The first-order chi connectivity index (χ1) is 11.4. The molecule has 1 aliphatic rings. The topological polar surface area (TPSA) is 111 Å². The lowest BCUT2D eigenvalue weighted by atomic mass is 10.1. The second-order valence-electron chi connectivity index (χ2n) is 4.90. The molecule has 0 saturated carbocycles. The molecule has 3 rings (SSSR count). The standard InChI is InChI=1S/C16H9NO6S/c1-7-6-8(4-5-17-7)9-2-3-10(24-9)15-13(20)11(18)12(19)14(21)16(22)23-15/h2-6,20H,1H3. The Balaban J connectivity index is 2.05. The second-order valence-corrected chi connectivity index (χ2v) is 5.99. The van der Waals surface area contributed by atoms with Gasteiger partial charge in [0.25, 0.3) is 11.6 Å². The Morgan fingerprint density at radius 1 is 1.00 bits per heavy atom. The van der Waals surface area contributed by atoms with Crippen molar-refractivity contribution in [1.29, 1.82) is 0 Å². The summed E-state index contributed by atoms with van der Waals surface area (Å²) in [7, 11) is 0. The highest BCUT2D eigenvalue weighted by Gasteiger charge is 2.39. The minimum atomic E-state index is -1.62. The van der Waals surface area contributed by atoms with Gasteiger partial charge in [0.15, 0.2) is 5.76 Å². The zero-order chi connectivity index (χ0) is 17.4. The quantitative estimate of drug-likeness (QED) is 0.651. The molecule has 0 amide bonds. The molecule has 3 heterocycles. The number of nitrogens with zero attached hydrogens (tertiary/aromatic N) is 1. The minimum absolute atomic E-state index is 0.237. The molecule has 1 N–H and O–H groups in total. The summed E-state index contributed by atoms with van der Waals surface area (Å²) in [6.45, 7) is 1.83. The highest BCUT2D eigenvalue weighted by Crippen LogP contribution is 2.34. The van der Waals surface area contributed by atoms with E-state index in [9.17, 15) is 24.3 Å². The van der Waals surface area contributed by atoms with Gasteiger partial charge in [-0.05, 0) is 36.8 Å². The van der Waals surface area contributed by atoms with Crippen LogP contribution in [0.25, 0.3) is 16.2 Å². The zero-order valence-corrected chi connectivity index (χ0v) is 13.0. The van der Waals surface area contributed by atoms with E-state index in [1.807, 2.05) is 13.0 Å². The van der Waals surface area contributed by atoms with E-state index in [1.54, 1.807) is 18.3 Å². The van der Waals surface area contributed by atoms with Crippen LogP contribution in [0.2, 0.25) is 0 Å². The molecule has 7 nitrogen and oxygen atoms in total. The molecular weight excluding hydrogens is 334 g/mol. The van der Waals surface area contributed by atoms with Crippen LogP contribution in [0.15, 0.2) is 36.2 Å². The molecule has 2 aromatic heterocycles. The molecule has 0 aromatic carbocycles. The summed E-state index contributed by atoms with van der Waals surface area (Å²) < 4.78 is 4.73. The second kappa shape index (κ2) is 5.82. The molecule has 8 heteroatoms. The number of aryl methyl sites for hydroxylation is 1. The maximum absolute atomic E-state index is 11.7. The van der Waals surface area contributed by atoms with E-state index in [0.717, 1.165) is 27.5 Å². The SMILES string of the molecule is Cc1cc(-c2ccc(C3=C(O)C(=O)C(=O)C(=O)C(=O)O3)s2)ccn1. The van der Waals surface area contributed by atoms with Crippen molar-refractivity contribution in [3.8, 4) is 10.4 Å². The van der Waals surface area contributed by atoms with E-state index in [0.29, 0.717) is 0 Å². The van der Waals surface area contributed by atoms with Gasteiger partial charge in [-0.1, -0.05) is 0 Å². The number of hydrogen-bond acceptors (Lipinski definition) is 8. The number of ether oxygens (including phenoxy) is 1. The summed E-state index contributed by atoms with van der Waals surface area (Å²) in [5.41, 5.74) is 1.65. The van der Waals surface area contributed by atoms with Crippen molar-refractivity contribution in [1.82, 2.24) is 4.98 Å². The first kappa shape index (κ1) is 15.8. The molecule has 1 aliphatic heterocycles. The number of Topliss-reactive ketones (excluding diaryl/α,β-unsaturated/α-hetero) is 3. The van der Waals surface area contributed by atoms with Gasteiger partial charge < -0.3 is 9.84 Å². The predicted octanol–water partition coefficient (Wildman–Crippen LogP) is 1.61. The molecule has 2 aromatic rings. The lowest BCUT2D eigenvalue weighted by Gasteiger charge is -2.03.